The first-order valence-electron chi connectivity index (χ1n) is 9.56. The van der Waals surface area contributed by atoms with Crippen LogP contribution in [-0.4, -0.2) is 39.7 Å². The second-order valence-electron chi connectivity index (χ2n) is 7.59. The molecule has 6 heteroatoms. The molecule has 0 aliphatic carbocycles. The molecule has 0 bridgehead atoms. The van der Waals surface area contributed by atoms with Gasteiger partial charge in [-0.3, -0.25) is 4.79 Å². The number of hydrogen-bond donors (Lipinski definition) is 2. The van der Waals surface area contributed by atoms with E-state index in [4.69, 9.17) is 4.74 Å². The summed E-state index contributed by atoms with van der Waals surface area (Å²) in [5, 5.41) is 22.4. The largest absolute Gasteiger partial charge is 0.458 e. The molecule has 0 unspecified atom stereocenters. The highest BCUT2D eigenvalue weighted by atomic mass is 31.2. The maximum absolute atomic E-state index is 14.8. The monoisotopic (exact) mass is 402 g/mol. The Balaban J connectivity index is 2.27. The molecule has 5 atom stereocenters. The van der Waals surface area contributed by atoms with Crippen LogP contribution in [0, 0.1) is 5.92 Å². The molecular formula is C22H27O5P. The summed E-state index contributed by atoms with van der Waals surface area (Å²) in [4.78, 5) is 12.7. The fourth-order valence-corrected chi connectivity index (χ4v) is 7.78. The molecule has 0 radical (unpaired) electrons. The van der Waals surface area contributed by atoms with Gasteiger partial charge in [-0.1, -0.05) is 67.6 Å². The number of aliphatic hydroxyl groups is 2. The van der Waals surface area contributed by atoms with E-state index in [1.807, 2.05) is 43.3 Å². The van der Waals surface area contributed by atoms with E-state index < -0.39 is 42.5 Å². The van der Waals surface area contributed by atoms with Crippen molar-refractivity contribution in [3.8, 4) is 0 Å². The van der Waals surface area contributed by atoms with Gasteiger partial charge in [-0.25, -0.2) is 0 Å². The van der Waals surface area contributed by atoms with Crippen molar-refractivity contribution in [2.75, 3.05) is 0 Å². The fourth-order valence-electron chi connectivity index (χ4n) is 3.98. The van der Waals surface area contributed by atoms with Crippen LogP contribution < -0.4 is 10.6 Å². The van der Waals surface area contributed by atoms with E-state index >= 15 is 0 Å². The van der Waals surface area contributed by atoms with Gasteiger partial charge >= 0.3 is 5.97 Å². The summed E-state index contributed by atoms with van der Waals surface area (Å²) >= 11 is 0. The highest BCUT2D eigenvalue weighted by Gasteiger charge is 2.60. The van der Waals surface area contributed by atoms with Crippen molar-refractivity contribution >= 4 is 23.7 Å². The van der Waals surface area contributed by atoms with Gasteiger partial charge in [-0.2, -0.15) is 0 Å². The first-order valence-corrected chi connectivity index (χ1v) is 11.3. The minimum absolute atomic E-state index is 0.430. The zero-order valence-corrected chi connectivity index (χ0v) is 17.3. The second kappa shape index (κ2) is 7.82. The van der Waals surface area contributed by atoms with Crippen molar-refractivity contribution in [2.24, 2.45) is 5.92 Å². The van der Waals surface area contributed by atoms with Crippen LogP contribution in [0.1, 0.15) is 27.2 Å². The zero-order chi connectivity index (χ0) is 20.5. The Morgan fingerprint density at radius 1 is 1.07 bits per heavy atom. The van der Waals surface area contributed by atoms with Crippen LogP contribution in [0.3, 0.4) is 0 Å². The lowest BCUT2D eigenvalue weighted by Gasteiger charge is -2.38. The average molecular weight is 402 g/mol. The lowest BCUT2D eigenvalue weighted by molar-refractivity contribution is -0.163. The van der Waals surface area contributed by atoms with Crippen LogP contribution >= 0.6 is 7.14 Å². The van der Waals surface area contributed by atoms with Gasteiger partial charge in [-0.15, -0.1) is 0 Å². The van der Waals surface area contributed by atoms with Gasteiger partial charge in [-0.05, 0) is 20.3 Å². The van der Waals surface area contributed by atoms with Crippen LogP contribution in [0.15, 0.2) is 60.7 Å². The third-order valence-corrected chi connectivity index (χ3v) is 9.43. The predicted octanol–water partition coefficient (Wildman–Crippen LogP) is 2.45. The van der Waals surface area contributed by atoms with Crippen LogP contribution in [0.4, 0.5) is 0 Å². The van der Waals surface area contributed by atoms with E-state index in [9.17, 15) is 19.6 Å². The Labute approximate surface area is 165 Å². The third kappa shape index (κ3) is 3.32. The van der Waals surface area contributed by atoms with Crippen LogP contribution in [-0.2, 0) is 14.1 Å². The summed E-state index contributed by atoms with van der Waals surface area (Å²) in [5.74, 6) is -1.12. The smallest absolute Gasteiger partial charge is 0.310 e. The van der Waals surface area contributed by atoms with Crippen LogP contribution in [0.5, 0.6) is 0 Å². The molecule has 2 N–H and O–H groups in total. The summed E-state index contributed by atoms with van der Waals surface area (Å²) in [6, 6.07) is 18.1. The summed E-state index contributed by atoms with van der Waals surface area (Å²) < 4.78 is 20.4. The molecule has 0 saturated carbocycles. The van der Waals surface area contributed by atoms with Crippen molar-refractivity contribution in [3.05, 3.63) is 60.7 Å². The summed E-state index contributed by atoms with van der Waals surface area (Å²) in [6.07, 6.45) is -1.82. The zero-order valence-electron chi connectivity index (χ0n) is 16.4. The number of rotatable bonds is 6. The lowest BCUT2D eigenvalue weighted by Crippen LogP contribution is -2.54. The Bertz CT molecular complexity index is 820. The van der Waals surface area contributed by atoms with Crippen molar-refractivity contribution in [1.29, 1.82) is 0 Å². The van der Waals surface area contributed by atoms with Crippen LogP contribution in [0.2, 0.25) is 0 Å². The van der Waals surface area contributed by atoms with Crippen LogP contribution in [0.25, 0.3) is 0 Å². The van der Waals surface area contributed by atoms with E-state index in [0.29, 0.717) is 17.0 Å². The van der Waals surface area contributed by atoms with E-state index in [-0.39, 0.29) is 0 Å². The molecule has 1 aliphatic rings. The SMILES string of the molecule is CC[C@H]1C(=O)O[C@H]([C@](C)(O)[C@H](C)O)[C@@H]1P(=O)(c1ccccc1)c1ccccc1. The minimum atomic E-state index is -3.39. The molecule has 5 nitrogen and oxygen atoms in total. The molecule has 3 rings (SSSR count). The van der Waals surface area contributed by atoms with Gasteiger partial charge in [0.15, 0.2) is 7.14 Å². The van der Waals surface area contributed by atoms with E-state index in [0.717, 1.165) is 0 Å². The first-order chi connectivity index (χ1) is 13.2. The highest BCUT2D eigenvalue weighted by molar-refractivity contribution is 7.79. The Morgan fingerprint density at radius 3 is 1.93 bits per heavy atom. The normalized spacial score (nSPS) is 25.8. The van der Waals surface area contributed by atoms with Crippen molar-refractivity contribution in [2.45, 2.75) is 50.7 Å². The second-order valence-corrected chi connectivity index (χ2v) is 10.5. The third-order valence-electron chi connectivity index (χ3n) is 5.83. The molecule has 0 spiro atoms. The molecule has 1 fully saturated rings. The number of hydrogen-bond acceptors (Lipinski definition) is 5. The van der Waals surface area contributed by atoms with Crippen molar-refractivity contribution < 1.29 is 24.3 Å². The lowest BCUT2D eigenvalue weighted by atomic mass is 9.88. The molecule has 0 amide bonds. The van der Waals surface area contributed by atoms with Gasteiger partial charge < -0.3 is 19.5 Å². The number of aliphatic hydroxyl groups excluding tert-OH is 1. The molecule has 1 heterocycles. The van der Waals surface area contributed by atoms with Gasteiger partial charge in [0.2, 0.25) is 0 Å². The average Bonchev–Trinajstić information content (AvgIpc) is 3.06. The predicted molar refractivity (Wildman–Crippen MR) is 110 cm³/mol. The quantitative estimate of drug-likeness (QED) is 0.573. The topological polar surface area (TPSA) is 83.8 Å². The molecule has 0 aromatic heterocycles. The number of cyclic esters (lactones) is 1. The van der Waals surface area contributed by atoms with E-state index in [1.165, 1.54) is 13.8 Å². The van der Waals surface area contributed by atoms with Crippen molar-refractivity contribution in [1.82, 2.24) is 0 Å². The van der Waals surface area contributed by atoms with Gasteiger partial charge in [0.25, 0.3) is 0 Å². The number of ether oxygens (including phenoxy) is 1. The van der Waals surface area contributed by atoms with Crippen molar-refractivity contribution in [3.63, 3.8) is 0 Å². The molecule has 28 heavy (non-hydrogen) atoms. The molecule has 150 valence electrons. The first kappa shape index (κ1) is 20.8. The number of carbonyl (C=O) groups is 1. The Kier molecular flexibility index (Phi) is 5.81. The molecular weight excluding hydrogens is 375 g/mol. The van der Waals surface area contributed by atoms with E-state index in [2.05, 4.69) is 0 Å². The van der Waals surface area contributed by atoms with E-state index in [1.54, 1.807) is 24.3 Å². The Hall–Kier alpha value is -1.94. The summed E-state index contributed by atoms with van der Waals surface area (Å²) in [5.41, 5.74) is -2.51. The van der Waals surface area contributed by atoms with Gasteiger partial charge in [0, 0.05) is 10.6 Å². The number of carbonyl (C=O) groups excluding carboxylic acids is 1. The minimum Gasteiger partial charge on any atom is -0.458 e. The maximum Gasteiger partial charge on any atom is 0.310 e. The maximum atomic E-state index is 14.8. The summed E-state index contributed by atoms with van der Waals surface area (Å²) in [7, 11) is -3.39. The fraction of sp³-hybridized carbons (Fsp3) is 0.409. The van der Waals surface area contributed by atoms with Gasteiger partial charge in [0.05, 0.1) is 17.7 Å². The molecule has 1 aliphatic heterocycles. The Morgan fingerprint density at radius 2 is 1.54 bits per heavy atom. The number of esters is 1. The highest BCUT2D eigenvalue weighted by Crippen LogP contribution is 2.58. The molecule has 1 saturated heterocycles. The molecule has 2 aromatic carbocycles. The van der Waals surface area contributed by atoms with Gasteiger partial charge in [0.1, 0.15) is 11.7 Å². The number of benzene rings is 2. The molecule has 2 aromatic rings. The summed E-state index contributed by atoms with van der Waals surface area (Å²) in [6.45, 7) is 4.72. The standard InChI is InChI=1S/C22H27O5P/c1-4-18-19(20(27-21(18)24)22(3,25)15(2)23)28(26,16-11-7-5-8-12-16)17-13-9-6-10-14-17/h5-15,18-20,23,25H,4H2,1-3H3/t15-,18+,19+,20-,22+/m0/s1.